The molecule has 3 aromatic carbocycles. The lowest BCUT2D eigenvalue weighted by molar-refractivity contribution is -0.145. The van der Waals surface area contributed by atoms with E-state index in [9.17, 15) is 19.2 Å². The van der Waals surface area contributed by atoms with Gasteiger partial charge in [-0.15, -0.1) is 0 Å². The molecular formula is C39H54N4O5Si. The fourth-order valence-corrected chi connectivity index (χ4v) is 9.56. The summed E-state index contributed by atoms with van der Waals surface area (Å²) in [7, 11) is 0.188. The second-order valence-electron chi connectivity index (χ2n) is 14.3. The molecule has 49 heavy (non-hydrogen) atoms. The minimum absolute atomic E-state index is 0.0435. The molecule has 2 saturated heterocycles. The number of hydrogen-bond donors (Lipinski definition) is 1. The third-order valence-electron chi connectivity index (χ3n) is 10.2. The zero-order chi connectivity index (χ0) is 35.0. The van der Waals surface area contributed by atoms with Crippen LogP contribution in [0.4, 0.5) is 0 Å². The molecular weight excluding hydrogens is 633 g/mol. The summed E-state index contributed by atoms with van der Waals surface area (Å²) < 4.78 is 5.85. The van der Waals surface area contributed by atoms with Gasteiger partial charge in [0.25, 0.3) is 5.91 Å². The van der Waals surface area contributed by atoms with Crippen molar-refractivity contribution in [2.24, 2.45) is 0 Å². The second-order valence-corrected chi connectivity index (χ2v) is 18.6. The van der Waals surface area contributed by atoms with Gasteiger partial charge in [-0.25, -0.2) is 0 Å². The average Bonchev–Trinajstić information content (AvgIpc) is 3.79. The molecule has 2 atom stereocenters. The minimum Gasteiger partial charge on any atom is -0.418 e. The lowest BCUT2D eigenvalue weighted by atomic mass is 9.95. The van der Waals surface area contributed by atoms with Crippen molar-refractivity contribution in [1.82, 2.24) is 20.0 Å². The molecule has 0 bridgehead atoms. The fourth-order valence-electron chi connectivity index (χ4n) is 7.60. The molecule has 5 rings (SSSR count). The van der Waals surface area contributed by atoms with Gasteiger partial charge in [0.2, 0.25) is 17.7 Å². The number of carbonyl (C=O) groups is 4. The van der Waals surface area contributed by atoms with Gasteiger partial charge in [-0.1, -0.05) is 55.0 Å². The van der Waals surface area contributed by atoms with Crippen LogP contribution in [0.5, 0.6) is 0 Å². The second kappa shape index (κ2) is 16.8. The highest BCUT2D eigenvalue weighted by atomic mass is 28.4. The Labute approximate surface area is 292 Å². The number of benzene rings is 3. The van der Waals surface area contributed by atoms with Gasteiger partial charge in [0, 0.05) is 46.3 Å². The van der Waals surface area contributed by atoms with Gasteiger partial charge >= 0.3 is 0 Å². The summed E-state index contributed by atoms with van der Waals surface area (Å²) in [6, 6.07) is 17.9. The maximum absolute atomic E-state index is 14.3. The minimum atomic E-state index is -1.62. The first kappa shape index (κ1) is 36.5. The van der Waals surface area contributed by atoms with E-state index in [1.54, 1.807) is 21.7 Å². The van der Waals surface area contributed by atoms with E-state index in [4.69, 9.17) is 4.43 Å². The summed E-state index contributed by atoms with van der Waals surface area (Å²) >= 11 is 0. The summed E-state index contributed by atoms with van der Waals surface area (Å²) in [4.78, 5) is 59.6. The Balaban J connectivity index is 1.12. The van der Waals surface area contributed by atoms with Crippen LogP contribution < -0.4 is 5.32 Å². The molecule has 2 aliphatic rings. The molecule has 0 saturated carbocycles. The third kappa shape index (κ3) is 8.89. The first-order valence-electron chi connectivity index (χ1n) is 18.3. The number of likely N-dealkylation sites (N-methyl/N-ethyl adjacent to an activating group) is 1. The van der Waals surface area contributed by atoms with E-state index in [1.807, 2.05) is 55.5 Å². The molecule has 264 valence electrons. The molecule has 2 unspecified atom stereocenters. The largest absolute Gasteiger partial charge is 0.418 e. The number of fused-ring (bicyclic) bond motifs is 2. The lowest BCUT2D eigenvalue weighted by Gasteiger charge is -2.33. The number of hydrogen-bond acceptors (Lipinski definition) is 5. The number of nitrogens with one attached hydrogen (secondary N) is 1. The Bertz CT molecular complexity index is 1590. The van der Waals surface area contributed by atoms with Crippen LogP contribution in [0.25, 0.3) is 21.5 Å². The van der Waals surface area contributed by atoms with Gasteiger partial charge in [-0.3, -0.25) is 19.2 Å². The van der Waals surface area contributed by atoms with Gasteiger partial charge < -0.3 is 24.4 Å². The van der Waals surface area contributed by atoms with Crippen molar-refractivity contribution in [3.8, 4) is 0 Å². The van der Waals surface area contributed by atoms with E-state index in [-0.39, 0.29) is 23.6 Å². The van der Waals surface area contributed by atoms with Crippen molar-refractivity contribution in [1.29, 1.82) is 0 Å². The van der Waals surface area contributed by atoms with Gasteiger partial charge in [-0.05, 0) is 98.6 Å². The van der Waals surface area contributed by atoms with Crippen molar-refractivity contribution in [3.63, 3.8) is 0 Å². The number of rotatable bonds is 15. The summed E-state index contributed by atoms with van der Waals surface area (Å²) in [5.74, 6) is -0.204. The molecule has 9 nitrogen and oxygen atoms in total. The number of likely N-dealkylation sites (tertiary alicyclic amines) is 2. The molecule has 2 fully saturated rings. The van der Waals surface area contributed by atoms with Crippen LogP contribution in [-0.4, -0.2) is 98.6 Å². The summed E-state index contributed by atoms with van der Waals surface area (Å²) in [5.41, 5.74) is 0.641. The standard InChI is InChI=1S/C39H54N4O5Si/c1-5-48-49(3,4)27-15-23-40-35(44)22-7-6-12-24-41(2)37(45)33-20-13-25-42(33)38(46)34-21-14-26-43(34)39(47)36-31-18-10-8-16-29(31)28-30-17-9-11-19-32(30)36/h8-11,16-19,28,33-34H,5-7,12-15,20-27H2,1-4H3,(H,40,44). The SMILES string of the molecule is CCO[Si](C)(C)CCCNC(=O)CCCCCN(C)C(=O)C1CCCN1C(=O)C1CCCN1C(=O)c1c2ccccc2cc2ccccc12. The van der Waals surface area contributed by atoms with E-state index in [1.165, 1.54) is 0 Å². The first-order chi connectivity index (χ1) is 23.6. The highest BCUT2D eigenvalue weighted by Gasteiger charge is 2.43. The fraction of sp³-hybridized carbons (Fsp3) is 0.538. The predicted molar refractivity (Wildman–Crippen MR) is 198 cm³/mol. The van der Waals surface area contributed by atoms with Crippen LogP contribution in [0.2, 0.25) is 19.1 Å². The maximum atomic E-state index is 14.3. The van der Waals surface area contributed by atoms with Crippen molar-refractivity contribution in [3.05, 3.63) is 60.2 Å². The maximum Gasteiger partial charge on any atom is 0.255 e. The highest BCUT2D eigenvalue weighted by Crippen LogP contribution is 2.33. The lowest BCUT2D eigenvalue weighted by Crippen LogP contribution is -2.53. The van der Waals surface area contributed by atoms with Crippen molar-refractivity contribution in [2.75, 3.05) is 39.8 Å². The van der Waals surface area contributed by atoms with E-state index in [0.29, 0.717) is 51.0 Å². The third-order valence-corrected chi connectivity index (χ3v) is 12.8. The molecule has 10 heteroatoms. The quantitative estimate of drug-likeness (QED) is 0.114. The Morgan fingerprint density at radius 3 is 2.16 bits per heavy atom. The molecule has 0 aromatic heterocycles. The number of amides is 4. The Morgan fingerprint density at radius 2 is 1.49 bits per heavy atom. The first-order valence-corrected chi connectivity index (χ1v) is 21.4. The van der Waals surface area contributed by atoms with Gasteiger partial charge in [0.1, 0.15) is 12.1 Å². The van der Waals surface area contributed by atoms with Gasteiger partial charge in [0.15, 0.2) is 8.32 Å². The number of nitrogens with zero attached hydrogens (tertiary/aromatic N) is 3. The summed E-state index contributed by atoms with van der Waals surface area (Å²) in [6.45, 7) is 9.51. The zero-order valence-corrected chi connectivity index (χ0v) is 30.8. The Morgan fingerprint density at radius 1 is 0.857 bits per heavy atom. The molecule has 2 aliphatic heterocycles. The van der Waals surface area contributed by atoms with E-state index in [2.05, 4.69) is 24.5 Å². The summed E-state index contributed by atoms with van der Waals surface area (Å²) in [5, 5.41) is 6.80. The Kier molecular flexibility index (Phi) is 12.5. The van der Waals surface area contributed by atoms with Crippen molar-refractivity contribution < 1.29 is 23.6 Å². The number of carbonyl (C=O) groups excluding carboxylic acids is 4. The van der Waals surface area contributed by atoms with E-state index >= 15 is 0 Å². The smallest absolute Gasteiger partial charge is 0.255 e. The van der Waals surface area contributed by atoms with Gasteiger partial charge in [0.05, 0.1) is 5.56 Å². The molecule has 3 aromatic rings. The van der Waals surface area contributed by atoms with Crippen molar-refractivity contribution >= 4 is 53.5 Å². The van der Waals surface area contributed by atoms with Crippen LogP contribution in [0, 0.1) is 0 Å². The molecule has 2 heterocycles. The average molecular weight is 687 g/mol. The zero-order valence-electron chi connectivity index (χ0n) is 29.8. The van der Waals surface area contributed by atoms with Crippen LogP contribution in [0.15, 0.2) is 54.6 Å². The van der Waals surface area contributed by atoms with Gasteiger partial charge in [-0.2, -0.15) is 0 Å². The van der Waals surface area contributed by atoms with Crippen LogP contribution in [-0.2, 0) is 18.8 Å². The van der Waals surface area contributed by atoms with E-state index < -0.39 is 20.4 Å². The molecule has 0 radical (unpaired) electrons. The summed E-state index contributed by atoms with van der Waals surface area (Å²) in [6.07, 6.45) is 6.61. The normalized spacial score (nSPS) is 18.0. The monoisotopic (exact) mass is 686 g/mol. The van der Waals surface area contributed by atoms with Crippen LogP contribution in [0.1, 0.15) is 75.1 Å². The Hall–Kier alpha value is -3.76. The topological polar surface area (TPSA) is 99.3 Å². The van der Waals surface area contributed by atoms with Crippen LogP contribution in [0.3, 0.4) is 0 Å². The van der Waals surface area contributed by atoms with Crippen LogP contribution >= 0.6 is 0 Å². The molecule has 0 spiro atoms. The number of unbranched alkanes of at least 4 members (excludes halogenated alkanes) is 2. The molecule has 1 N–H and O–H groups in total. The predicted octanol–water partition coefficient (Wildman–Crippen LogP) is 6.36. The highest BCUT2D eigenvalue weighted by molar-refractivity contribution is 6.71. The van der Waals surface area contributed by atoms with Crippen molar-refractivity contribution in [2.45, 2.75) is 95.9 Å². The van der Waals surface area contributed by atoms with E-state index in [0.717, 1.165) is 72.7 Å². The molecule has 4 amide bonds. The molecule has 0 aliphatic carbocycles.